The van der Waals surface area contributed by atoms with Gasteiger partial charge in [-0.3, -0.25) is 14.4 Å². The lowest BCUT2D eigenvalue weighted by molar-refractivity contribution is -0.156. The van der Waals surface area contributed by atoms with Crippen LogP contribution < -0.4 is 0 Å². The van der Waals surface area contributed by atoms with Crippen LogP contribution in [0.4, 0.5) is 0 Å². The molecule has 4 fully saturated rings. The summed E-state index contributed by atoms with van der Waals surface area (Å²) < 4.78 is 6.05. The van der Waals surface area contributed by atoms with Crippen LogP contribution in [-0.2, 0) is 19.1 Å². The Balaban J connectivity index is 1.54. The van der Waals surface area contributed by atoms with Crippen LogP contribution in [0, 0.1) is 45.3 Å². The Morgan fingerprint density at radius 3 is 2.47 bits per heavy atom. The third-order valence-corrected chi connectivity index (χ3v) is 11.4. The first-order chi connectivity index (χ1) is 15.8. The molecule has 0 spiro atoms. The average Bonchev–Trinajstić information content (AvgIpc) is 3.15. The van der Waals surface area contributed by atoms with Crippen molar-refractivity contribution in [2.45, 2.75) is 99.5 Å². The molecule has 0 aromatic carbocycles. The van der Waals surface area contributed by atoms with E-state index in [1.54, 1.807) is 0 Å². The fourth-order valence-electron chi connectivity index (χ4n) is 9.54. The van der Waals surface area contributed by atoms with E-state index in [4.69, 9.17) is 4.74 Å². The van der Waals surface area contributed by atoms with E-state index in [-0.39, 0.29) is 57.6 Å². The van der Waals surface area contributed by atoms with Crippen LogP contribution >= 0.6 is 0 Å². The number of rotatable bonds is 3. The molecule has 0 aromatic rings. The minimum atomic E-state index is -0.606. The van der Waals surface area contributed by atoms with Crippen molar-refractivity contribution in [1.29, 1.82) is 0 Å². The summed E-state index contributed by atoms with van der Waals surface area (Å²) in [4.78, 5) is 39.5. The topological polar surface area (TPSA) is 60.4 Å². The number of carbonyl (C=O) groups is 3. The first kappa shape index (κ1) is 24.0. The van der Waals surface area contributed by atoms with E-state index in [0.29, 0.717) is 12.3 Å². The lowest BCUT2D eigenvalue weighted by Crippen LogP contribution is -2.59. The van der Waals surface area contributed by atoms with Gasteiger partial charge in [0.05, 0.1) is 5.92 Å². The van der Waals surface area contributed by atoms with E-state index < -0.39 is 5.41 Å². The monoisotopic (exact) mass is 466 g/mol. The number of ether oxygens (including phenoxy) is 1. The van der Waals surface area contributed by atoms with Gasteiger partial charge in [0.25, 0.3) is 0 Å². The molecule has 4 aliphatic carbocycles. The van der Waals surface area contributed by atoms with Crippen molar-refractivity contribution in [3.8, 4) is 0 Å². The molecule has 1 aliphatic heterocycles. The highest BCUT2D eigenvalue weighted by atomic mass is 16.6. The van der Waals surface area contributed by atoms with Gasteiger partial charge in [0, 0.05) is 23.7 Å². The lowest BCUT2D eigenvalue weighted by Gasteiger charge is -2.62. The van der Waals surface area contributed by atoms with Gasteiger partial charge >= 0.3 is 5.97 Å². The highest BCUT2D eigenvalue weighted by molar-refractivity contribution is 6.01. The number of hydrogen-bond acceptors (Lipinski definition) is 4. The Hall–Kier alpha value is -1.71. The molecule has 34 heavy (non-hydrogen) atoms. The summed E-state index contributed by atoms with van der Waals surface area (Å²) >= 11 is 0. The minimum absolute atomic E-state index is 0.0178. The minimum Gasteiger partial charge on any atom is -0.462 e. The first-order valence-electron chi connectivity index (χ1n) is 13.4. The van der Waals surface area contributed by atoms with Gasteiger partial charge in [0.15, 0.2) is 5.78 Å². The Kier molecular flexibility index (Phi) is 5.22. The van der Waals surface area contributed by atoms with E-state index >= 15 is 0 Å². The summed E-state index contributed by atoms with van der Waals surface area (Å²) in [6.07, 6.45) is 10.1. The number of esters is 1. The number of Topliss-reactive ketones (excluding diaryl/α,β-unsaturated/α-hetero) is 1. The van der Waals surface area contributed by atoms with Gasteiger partial charge in [-0.05, 0) is 80.6 Å². The highest BCUT2D eigenvalue weighted by Crippen LogP contribution is 2.74. The third-order valence-electron chi connectivity index (χ3n) is 11.4. The van der Waals surface area contributed by atoms with Gasteiger partial charge < -0.3 is 4.74 Å². The summed E-state index contributed by atoms with van der Waals surface area (Å²) in [6.45, 7) is 15.2. The zero-order chi connectivity index (χ0) is 24.8. The van der Waals surface area contributed by atoms with Crippen LogP contribution in [-0.4, -0.2) is 23.6 Å². The van der Waals surface area contributed by atoms with E-state index in [9.17, 15) is 14.4 Å². The molecule has 5 aliphatic rings. The molecular weight excluding hydrogens is 424 g/mol. The fourth-order valence-corrected chi connectivity index (χ4v) is 9.54. The highest BCUT2D eigenvalue weighted by Gasteiger charge is 2.71. The maximum Gasteiger partial charge on any atom is 0.309 e. The number of allylic oxidation sites excluding steroid dienone is 4. The van der Waals surface area contributed by atoms with Crippen LogP contribution in [0.2, 0.25) is 0 Å². The van der Waals surface area contributed by atoms with Gasteiger partial charge in [-0.2, -0.15) is 0 Å². The Morgan fingerprint density at radius 2 is 1.79 bits per heavy atom. The van der Waals surface area contributed by atoms with Crippen LogP contribution in [0.15, 0.2) is 23.3 Å². The Bertz CT molecular complexity index is 1010. The van der Waals surface area contributed by atoms with Crippen LogP contribution in [0.3, 0.4) is 0 Å². The average molecular weight is 467 g/mol. The third kappa shape index (κ3) is 2.92. The van der Waals surface area contributed by atoms with Crippen molar-refractivity contribution in [1.82, 2.24) is 0 Å². The molecule has 8 atom stereocenters. The predicted molar refractivity (Wildman–Crippen MR) is 132 cm³/mol. The Morgan fingerprint density at radius 1 is 1.09 bits per heavy atom. The second-order valence-electron chi connectivity index (χ2n) is 13.6. The molecule has 1 heterocycles. The molecule has 0 radical (unpaired) electrons. The molecule has 3 saturated carbocycles. The molecule has 0 N–H and O–H groups in total. The molecule has 0 bridgehead atoms. The first-order valence-corrected chi connectivity index (χ1v) is 13.4. The van der Waals surface area contributed by atoms with E-state index in [2.05, 4.69) is 40.7 Å². The zero-order valence-electron chi connectivity index (χ0n) is 22.1. The molecule has 1 saturated heterocycles. The largest absolute Gasteiger partial charge is 0.462 e. The van der Waals surface area contributed by atoms with Gasteiger partial charge in [-0.1, -0.05) is 51.8 Å². The van der Waals surface area contributed by atoms with Crippen LogP contribution in [0.5, 0.6) is 0 Å². The van der Waals surface area contributed by atoms with Crippen molar-refractivity contribution in [2.24, 2.45) is 45.3 Å². The molecular formula is C30H42O4. The maximum atomic E-state index is 13.7. The zero-order valence-corrected chi connectivity index (χ0v) is 22.1. The molecule has 4 heteroatoms. The Labute approximate surface area is 205 Å². The summed E-state index contributed by atoms with van der Waals surface area (Å²) in [5, 5.41) is 0. The predicted octanol–water partition coefficient (Wildman–Crippen LogP) is 6.24. The number of hydrogen-bond donors (Lipinski definition) is 0. The summed E-state index contributed by atoms with van der Waals surface area (Å²) in [5.41, 5.74) is 1.57. The van der Waals surface area contributed by atoms with Crippen LogP contribution in [0.1, 0.15) is 93.4 Å². The normalized spacial score (nSPS) is 46.6. The van der Waals surface area contributed by atoms with E-state index in [1.165, 1.54) is 11.1 Å². The SMILES string of the molecule is CC(C)=CCCC1C(=O)OC2CC3(C)C4=CC(=O)C5C(C)(C)C(=O)CCC5(C)C4CCC3(C)C21. The molecule has 8 unspecified atom stereocenters. The standard InChI is InChI=1S/C30H42O4/c1-17(2)9-8-10-18-24-22(34-26(18)33)16-30(7)20-15-21(31)25-27(3,4)23(32)12-13-28(25,5)19(20)11-14-29(24,30)6/h9,15,18-19,22,24-25H,8,10-14,16H2,1-7H3. The van der Waals surface area contributed by atoms with Crippen molar-refractivity contribution in [3.63, 3.8) is 0 Å². The van der Waals surface area contributed by atoms with Crippen molar-refractivity contribution in [2.75, 3.05) is 0 Å². The fraction of sp³-hybridized carbons (Fsp3) is 0.767. The van der Waals surface area contributed by atoms with Gasteiger partial charge in [0.2, 0.25) is 0 Å². The van der Waals surface area contributed by atoms with Gasteiger partial charge in [-0.15, -0.1) is 0 Å². The van der Waals surface area contributed by atoms with Crippen molar-refractivity contribution < 1.29 is 19.1 Å². The summed E-state index contributed by atoms with van der Waals surface area (Å²) in [6, 6.07) is 0. The molecule has 4 nitrogen and oxygen atoms in total. The van der Waals surface area contributed by atoms with Crippen molar-refractivity contribution in [3.05, 3.63) is 23.3 Å². The molecule has 186 valence electrons. The van der Waals surface area contributed by atoms with E-state index in [1.807, 2.05) is 19.9 Å². The quantitative estimate of drug-likeness (QED) is 0.365. The van der Waals surface area contributed by atoms with Crippen LogP contribution in [0.25, 0.3) is 0 Å². The smallest absolute Gasteiger partial charge is 0.309 e. The number of ketones is 2. The second-order valence-corrected chi connectivity index (χ2v) is 13.6. The summed E-state index contributed by atoms with van der Waals surface area (Å²) in [5.74, 6) is 0.592. The maximum absolute atomic E-state index is 13.7. The van der Waals surface area contributed by atoms with Crippen molar-refractivity contribution >= 4 is 17.5 Å². The molecule has 0 aromatic heterocycles. The summed E-state index contributed by atoms with van der Waals surface area (Å²) in [7, 11) is 0. The van der Waals surface area contributed by atoms with Gasteiger partial charge in [-0.25, -0.2) is 0 Å². The number of fused-ring (bicyclic) bond motifs is 7. The van der Waals surface area contributed by atoms with Gasteiger partial charge in [0.1, 0.15) is 11.9 Å². The number of carbonyl (C=O) groups excluding carboxylic acids is 3. The molecule has 0 amide bonds. The molecule has 5 rings (SSSR count). The lowest BCUT2D eigenvalue weighted by atomic mass is 9.41. The van der Waals surface area contributed by atoms with E-state index in [0.717, 1.165) is 38.5 Å². The second kappa shape index (κ2) is 7.40.